The minimum Gasteiger partial charge on any atom is -0.338 e. The van der Waals surface area contributed by atoms with Gasteiger partial charge in [-0.3, -0.25) is 4.79 Å². The number of aryl methyl sites for hydroxylation is 2. The lowest BCUT2D eigenvalue weighted by molar-refractivity contribution is -0.116. The summed E-state index contributed by atoms with van der Waals surface area (Å²) in [6, 6.07) is 8.39. The summed E-state index contributed by atoms with van der Waals surface area (Å²) >= 11 is 0. The molecule has 0 spiro atoms. The number of ketones is 1. The van der Waals surface area contributed by atoms with Crippen molar-refractivity contribution < 1.29 is 9.32 Å². The van der Waals surface area contributed by atoms with E-state index in [9.17, 15) is 4.79 Å². The molecule has 1 aliphatic carbocycles. The smallest absolute Gasteiger partial charge is 0.233 e. The second kappa shape index (κ2) is 4.83. The van der Waals surface area contributed by atoms with Crippen molar-refractivity contribution in [3.63, 3.8) is 0 Å². The SMILES string of the molecule is Cc1ccc([C@H]2C3=C(CCCC3=O)Nc3onc(C)c32)cc1. The zero-order valence-electron chi connectivity index (χ0n) is 12.8. The molecule has 1 atom stereocenters. The number of carbonyl (C=O) groups is 1. The highest BCUT2D eigenvalue weighted by molar-refractivity contribution is 6.00. The van der Waals surface area contributed by atoms with Crippen LogP contribution in [0.25, 0.3) is 0 Å². The van der Waals surface area contributed by atoms with Gasteiger partial charge < -0.3 is 9.84 Å². The Kier molecular flexibility index (Phi) is 2.93. The van der Waals surface area contributed by atoms with Crippen LogP contribution in [-0.2, 0) is 4.79 Å². The van der Waals surface area contributed by atoms with Gasteiger partial charge in [0.1, 0.15) is 0 Å². The molecule has 4 nitrogen and oxygen atoms in total. The molecule has 1 aromatic heterocycles. The molecule has 0 saturated heterocycles. The number of anilines is 1. The first-order chi connectivity index (χ1) is 10.6. The van der Waals surface area contributed by atoms with Crippen molar-refractivity contribution in [2.75, 3.05) is 5.32 Å². The van der Waals surface area contributed by atoms with E-state index in [0.29, 0.717) is 12.3 Å². The number of allylic oxidation sites excluding steroid dienone is 2. The number of hydrogen-bond donors (Lipinski definition) is 1. The quantitative estimate of drug-likeness (QED) is 0.867. The molecule has 0 radical (unpaired) electrons. The summed E-state index contributed by atoms with van der Waals surface area (Å²) < 4.78 is 5.44. The van der Waals surface area contributed by atoms with Gasteiger partial charge in [0.2, 0.25) is 5.88 Å². The molecule has 2 heterocycles. The highest BCUT2D eigenvalue weighted by Crippen LogP contribution is 2.46. The van der Waals surface area contributed by atoms with E-state index in [1.807, 2.05) is 6.92 Å². The third-order valence-electron chi connectivity index (χ3n) is 4.62. The first-order valence-electron chi connectivity index (χ1n) is 7.71. The van der Waals surface area contributed by atoms with Crippen molar-refractivity contribution in [3.8, 4) is 0 Å². The van der Waals surface area contributed by atoms with Crippen molar-refractivity contribution >= 4 is 11.7 Å². The fraction of sp³-hybridized carbons (Fsp3) is 0.333. The first kappa shape index (κ1) is 13.3. The van der Waals surface area contributed by atoms with Gasteiger partial charge in [-0.1, -0.05) is 35.0 Å². The maximum atomic E-state index is 12.6. The van der Waals surface area contributed by atoms with Gasteiger partial charge in [-0.05, 0) is 32.3 Å². The lowest BCUT2D eigenvalue weighted by atomic mass is 9.76. The Bertz CT molecular complexity index is 784. The maximum absolute atomic E-state index is 12.6. The topological polar surface area (TPSA) is 55.1 Å². The summed E-state index contributed by atoms with van der Waals surface area (Å²) in [4.78, 5) is 12.6. The van der Waals surface area contributed by atoms with Crippen LogP contribution in [0.5, 0.6) is 0 Å². The molecule has 0 fully saturated rings. The van der Waals surface area contributed by atoms with E-state index in [-0.39, 0.29) is 11.7 Å². The highest BCUT2D eigenvalue weighted by Gasteiger charge is 2.38. The van der Waals surface area contributed by atoms with Crippen LogP contribution in [0.15, 0.2) is 40.1 Å². The third kappa shape index (κ3) is 1.90. The van der Waals surface area contributed by atoms with Crippen LogP contribution in [0.2, 0.25) is 0 Å². The lowest BCUT2D eigenvalue weighted by Crippen LogP contribution is -2.26. The van der Waals surface area contributed by atoms with Crippen molar-refractivity contribution in [2.45, 2.75) is 39.0 Å². The molecule has 2 aliphatic rings. The molecule has 2 aromatic rings. The Morgan fingerprint density at radius 2 is 1.95 bits per heavy atom. The van der Waals surface area contributed by atoms with Gasteiger partial charge in [-0.15, -0.1) is 0 Å². The van der Waals surface area contributed by atoms with E-state index < -0.39 is 0 Å². The van der Waals surface area contributed by atoms with E-state index in [0.717, 1.165) is 40.9 Å². The van der Waals surface area contributed by atoms with Crippen molar-refractivity contribution in [2.24, 2.45) is 0 Å². The number of carbonyl (C=O) groups excluding carboxylic acids is 1. The number of rotatable bonds is 1. The molecule has 4 heteroatoms. The molecule has 4 rings (SSSR count). The number of nitrogens with one attached hydrogen (secondary N) is 1. The van der Waals surface area contributed by atoms with Gasteiger partial charge in [0.05, 0.1) is 11.3 Å². The van der Waals surface area contributed by atoms with Gasteiger partial charge in [-0.2, -0.15) is 0 Å². The van der Waals surface area contributed by atoms with Crippen LogP contribution in [0.1, 0.15) is 47.6 Å². The van der Waals surface area contributed by atoms with E-state index in [1.165, 1.54) is 5.56 Å². The normalized spacial score (nSPS) is 20.5. The molecule has 22 heavy (non-hydrogen) atoms. The second-order valence-electron chi connectivity index (χ2n) is 6.15. The van der Waals surface area contributed by atoms with E-state index >= 15 is 0 Å². The number of hydrogen-bond acceptors (Lipinski definition) is 4. The average Bonchev–Trinajstić information content (AvgIpc) is 2.88. The summed E-state index contributed by atoms with van der Waals surface area (Å²) in [6.45, 7) is 4.00. The van der Waals surface area contributed by atoms with Crippen LogP contribution in [-0.4, -0.2) is 10.9 Å². The fourth-order valence-electron chi connectivity index (χ4n) is 3.51. The molecule has 0 unspecified atom stereocenters. The molecule has 0 bridgehead atoms. The van der Waals surface area contributed by atoms with Crippen molar-refractivity contribution in [1.82, 2.24) is 5.16 Å². The van der Waals surface area contributed by atoms with Crippen molar-refractivity contribution in [3.05, 3.63) is 57.9 Å². The van der Waals surface area contributed by atoms with E-state index in [4.69, 9.17) is 4.52 Å². The molecule has 0 saturated carbocycles. The Morgan fingerprint density at radius 3 is 2.73 bits per heavy atom. The van der Waals surface area contributed by atoms with Gasteiger partial charge in [-0.25, -0.2) is 0 Å². The van der Waals surface area contributed by atoms with Crippen LogP contribution in [0, 0.1) is 13.8 Å². The fourth-order valence-corrected chi connectivity index (χ4v) is 3.51. The number of benzene rings is 1. The van der Waals surface area contributed by atoms with Crippen LogP contribution >= 0.6 is 0 Å². The first-order valence-corrected chi connectivity index (χ1v) is 7.71. The minimum atomic E-state index is -0.0640. The molecule has 1 aliphatic heterocycles. The van der Waals surface area contributed by atoms with Crippen LogP contribution < -0.4 is 5.32 Å². The second-order valence-corrected chi connectivity index (χ2v) is 6.15. The Labute approximate surface area is 129 Å². The number of nitrogens with zero attached hydrogens (tertiary/aromatic N) is 1. The third-order valence-corrected chi connectivity index (χ3v) is 4.62. The largest absolute Gasteiger partial charge is 0.338 e. The summed E-state index contributed by atoms with van der Waals surface area (Å²) in [6.07, 6.45) is 2.42. The van der Waals surface area contributed by atoms with Gasteiger partial charge in [0, 0.05) is 23.6 Å². The molecule has 112 valence electrons. The monoisotopic (exact) mass is 294 g/mol. The van der Waals surface area contributed by atoms with E-state index in [1.54, 1.807) is 0 Å². The number of Topliss-reactive ketones (excluding diaryl/α,β-unsaturated/α-hetero) is 1. The Morgan fingerprint density at radius 1 is 1.18 bits per heavy atom. The summed E-state index contributed by atoms with van der Waals surface area (Å²) in [5.41, 5.74) is 6.08. The average molecular weight is 294 g/mol. The molecular formula is C18H18N2O2. The minimum absolute atomic E-state index is 0.0640. The molecular weight excluding hydrogens is 276 g/mol. The van der Waals surface area contributed by atoms with E-state index in [2.05, 4.69) is 41.7 Å². The van der Waals surface area contributed by atoms with Crippen molar-refractivity contribution in [1.29, 1.82) is 0 Å². The van der Waals surface area contributed by atoms with Gasteiger partial charge in [0.15, 0.2) is 5.78 Å². The highest BCUT2D eigenvalue weighted by atomic mass is 16.5. The number of fused-ring (bicyclic) bond motifs is 1. The lowest BCUT2D eigenvalue weighted by Gasteiger charge is -2.31. The summed E-state index contributed by atoms with van der Waals surface area (Å²) in [5.74, 6) is 0.869. The predicted octanol–water partition coefficient (Wildman–Crippen LogP) is 3.86. The standard InChI is InChI=1S/C18H18N2O2/c1-10-6-8-12(9-7-10)16-15-11(2)20-22-18(15)19-13-4-3-5-14(21)17(13)16/h6-9,16,19H,3-5H2,1-2H3/t16-/m1/s1. The molecule has 1 aromatic carbocycles. The predicted molar refractivity (Wildman–Crippen MR) is 83.8 cm³/mol. The van der Waals surface area contributed by atoms with Gasteiger partial charge in [0.25, 0.3) is 0 Å². The Hall–Kier alpha value is -2.36. The Balaban J connectivity index is 1.94. The molecule has 0 amide bonds. The zero-order valence-corrected chi connectivity index (χ0v) is 12.8. The number of aromatic nitrogens is 1. The maximum Gasteiger partial charge on any atom is 0.233 e. The molecule has 1 N–H and O–H groups in total. The zero-order chi connectivity index (χ0) is 15.3. The van der Waals surface area contributed by atoms with Crippen LogP contribution in [0.3, 0.4) is 0 Å². The van der Waals surface area contributed by atoms with Gasteiger partial charge >= 0.3 is 0 Å². The van der Waals surface area contributed by atoms with Crippen LogP contribution in [0.4, 0.5) is 5.88 Å². The summed E-state index contributed by atoms with van der Waals surface area (Å²) in [7, 11) is 0. The summed E-state index contributed by atoms with van der Waals surface area (Å²) in [5, 5.41) is 7.39.